The fraction of sp³-hybridized carbons (Fsp3) is 0.308. The van der Waals surface area contributed by atoms with Crippen LogP contribution < -0.4 is 5.32 Å². The average Bonchev–Trinajstić information content (AvgIpc) is 2.36. The summed E-state index contributed by atoms with van der Waals surface area (Å²) in [6.45, 7) is 2.60. The second-order valence-corrected chi connectivity index (χ2v) is 3.96. The Balaban J connectivity index is 2.61. The van der Waals surface area contributed by atoms with Gasteiger partial charge in [0.2, 0.25) is 0 Å². The van der Waals surface area contributed by atoms with E-state index in [1.165, 1.54) is 12.1 Å². The van der Waals surface area contributed by atoms with Crippen molar-refractivity contribution in [3.63, 3.8) is 0 Å². The summed E-state index contributed by atoms with van der Waals surface area (Å²) >= 11 is 0. The summed E-state index contributed by atoms with van der Waals surface area (Å²) in [7, 11) is 0. The molecule has 1 heterocycles. The van der Waals surface area contributed by atoms with Crippen LogP contribution in [0, 0.1) is 5.82 Å². The number of benzene rings is 1. The zero-order valence-electron chi connectivity index (χ0n) is 9.88. The molecule has 1 N–H and O–H groups in total. The van der Waals surface area contributed by atoms with Crippen molar-refractivity contribution >= 4 is 16.6 Å². The van der Waals surface area contributed by atoms with Crippen LogP contribution in [0.25, 0.3) is 10.9 Å². The molecular formula is C13H13F3N2. The van der Waals surface area contributed by atoms with Gasteiger partial charge in [0.1, 0.15) is 17.0 Å². The molecule has 0 saturated carbocycles. The third-order valence-corrected chi connectivity index (χ3v) is 2.60. The van der Waals surface area contributed by atoms with E-state index in [1.54, 1.807) is 12.1 Å². The standard InChI is InChI=1S/C13H13F3N2/c1-2-6-17-10-7-11(13(15)16)18-12-8(10)4-3-5-9(12)14/h3-5,7,13H,2,6H2,1H3,(H,17,18). The summed E-state index contributed by atoms with van der Waals surface area (Å²) in [5.74, 6) is -0.588. The lowest BCUT2D eigenvalue weighted by Gasteiger charge is -2.11. The molecule has 96 valence electrons. The van der Waals surface area contributed by atoms with E-state index < -0.39 is 17.9 Å². The van der Waals surface area contributed by atoms with Crippen LogP contribution >= 0.6 is 0 Å². The first-order chi connectivity index (χ1) is 8.63. The Hall–Kier alpha value is -1.78. The van der Waals surface area contributed by atoms with Crippen LogP contribution in [0.3, 0.4) is 0 Å². The molecule has 2 nitrogen and oxygen atoms in total. The zero-order valence-corrected chi connectivity index (χ0v) is 9.88. The molecule has 0 aliphatic heterocycles. The summed E-state index contributed by atoms with van der Waals surface area (Å²) in [4.78, 5) is 3.68. The maximum atomic E-state index is 13.6. The Morgan fingerprint density at radius 2 is 2.11 bits per heavy atom. The molecule has 0 aliphatic rings. The van der Waals surface area contributed by atoms with E-state index >= 15 is 0 Å². The highest BCUT2D eigenvalue weighted by atomic mass is 19.3. The second-order valence-electron chi connectivity index (χ2n) is 3.96. The maximum Gasteiger partial charge on any atom is 0.280 e. The topological polar surface area (TPSA) is 24.9 Å². The van der Waals surface area contributed by atoms with Gasteiger partial charge in [-0.2, -0.15) is 0 Å². The van der Waals surface area contributed by atoms with Crippen LogP contribution in [0.2, 0.25) is 0 Å². The Morgan fingerprint density at radius 3 is 2.78 bits per heavy atom. The van der Waals surface area contributed by atoms with Gasteiger partial charge in [-0.3, -0.25) is 0 Å². The first-order valence-electron chi connectivity index (χ1n) is 5.74. The Bertz CT molecular complexity index is 555. The van der Waals surface area contributed by atoms with Crippen LogP contribution in [-0.4, -0.2) is 11.5 Å². The Labute approximate surface area is 103 Å². The van der Waals surface area contributed by atoms with Gasteiger partial charge in [-0.1, -0.05) is 19.1 Å². The van der Waals surface area contributed by atoms with E-state index in [2.05, 4.69) is 10.3 Å². The van der Waals surface area contributed by atoms with Crippen LogP contribution in [-0.2, 0) is 0 Å². The number of halogens is 3. The molecule has 0 spiro atoms. The monoisotopic (exact) mass is 254 g/mol. The first kappa shape index (κ1) is 12.7. The van der Waals surface area contributed by atoms with Crippen molar-refractivity contribution in [2.75, 3.05) is 11.9 Å². The molecule has 1 aromatic carbocycles. The van der Waals surface area contributed by atoms with E-state index in [-0.39, 0.29) is 5.52 Å². The molecule has 0 radical (unpaired) electrons. The lowest BCUT2D eigenvalue weighted by atomic mass is 10.1. The Kier molecular flexibility index (Phi) is 3.69. The summed E-state index contributed by atoms with van der Waals surface area (Å²) in [6, 6.07) is 5.70. The van der Waals surface area contributed by atoms with E-state index in [0.29, 0.717) is 17.6 Å². The van der Waals surface area contributed by atoms with Crippen molar-refractivity contribution in [1.82, 2.24) is 4.98 Å². The number of hydrogen-bond donors (Lipinski definition) is 1. The molecule has 1 aromatic heterocycles. The summed E-state index contributed by atoms with van der Waals surface area (Å²) in [5.41, 5.74) is 0.0664. The molecule has 0 fully saturated rings. The lowest BCUT2D eigenvalue weighted by Crippen LogP contribution is -2.03. The lowest BCUT2D eigenvalue weighted by molar-refractivity contribution is 0.146. The predicted octanol–water partition coefficient (Wildman–Crippen LogP) is 4.13. The molecule has 0 unspecified atom stereocenters. The third-order valence-electron chi connectivity index (χ3n) is 2.60. The summed E-state index contributed by atoms with van der Waals surface area (Å²) in [6.07, 6.45) is -1.86. The van der Waals surface area contributed by atoms with Gasteiger partial charge in [0.05, 0.1) is 0 Å². The quantitative estimate of drug-likeness (QED) is 0.887. The van der Waals surface area contributed by atoms with Crippen LogP contribution in [0.4, 0.5) is 18.9 Å². The fourth-order valence-electron chi connectivity index (χ4n) is 1.75. The van der Waals surface area contributed by atoms with Crippen molar-refractivity contribution in [3.8, 4) is 0 Å². The van der Waals surface area contributed by atoms with E-state index in [4.69, 9.17) is 0 Å². The van der Waals surface area contributed by atoms with Gasteiger partial charge >= 0.3 is 0 Å². The van der Waals surface area contributed by atoms with E-state index in [1.807, 2.05) is 6.92 Å². The van der Waals surface area contributed by atoms with Gasteiger partial charge in [0, 0.05) is 17.6 Å². The van der Waals surface area contributed by atoms with Gasteiger partial charge in [-0.25, -0.2) is 18.2 Å². The number of nitrogens with zero attached hydrogens (tertiary/aromatic N) is 1. The van der Waals surface area contributed by atoms with Crippen molar-refractivity contribution < 1.29 is 13.2 Å². The number of hydrogen-bond acceptors (Lipinski definition) is 2. The van der Waals surface area contributed by atoms with E-state index in [9.17, 15) is 13.2 Å². The number of alkyl halides is 2. The molecule has 18 heavy (non-hydrogen) atoms. The highest BCUT2D eigenvalue weighted by Gasteiger charge is 2.14. The number of aromatic nitrogens is 1. The number of fused-ring (bicyclic) bond motifs is 1. The minimum absolute atomic E-state index is 0.0195. The fourth-order valence-corrected chi connectivity index (χ4v) is 1.75. The molecule has 2 rings (SSSR count). The Morgan fingerprint density at radius 1 is 1.33 bits per heavy atom. The summed E-state index contributed by atoms with van der Waals surface area (Å²) in [5, 5.41) is 3.54. The smallest absolute Gasteiger partial charge is 0.280 e. The summed E-state index contributed by atoms with van der Waals surface area (Å²) < 4.78 is 39.0. The van der Waals surface area contributed by atoms with Gasteiger partial charge in [0.15, 0.2) is 0 Å². The van der Waals surface area contributed by atoms with Crippen LogP contribution in [0.5, 0.6) is 0 Å². The molecule has 0 amide bonds. The van der Waals surface area contributed by atoms with Gasteiger partial charge in [0.25, 0.3) is 6.43 Å². The normalized spacial score (nSPS) is 11.2. The molecule has 0 aliphatic carbocycles. The molecule has 0 atom stereocenters. The maximum absolute atomic E-state index is 13.6. The predicted molar refractivity (Wildman–Crippen MR) is 65.4 cm³/mol. The minimum atomic E-state index is -2.71. The average molecular weight is 254 g/mol. The zero-order chi connectivity index (χ0) is 13.1. The molecule has 0 bridgehead atoms. The van der Waals surface area contributed by atoms with Crippen molar-refractivity contribution in [2.45, 2.75) is 19.8 Å². The largest absolute Gasteiger partial charge is 0.384 e. The van der Waals surface area contributed by atoms with Crippen LogP contribution in [0.15, 0.2) is 24.3 Å². The van der Waals surface area contributed by atoms with Crippen LogP contribution in [0.1, 0.15) is 25.5 Å². The highest BCUT2D eigenvalue weighted by Crippen LogP contribution is 2.29. The molecule has 5 heteroatoms. The van der Waals surface area contributed by atoms with Crippen molar-refractivity contribution in [2.24, 2.45) is 0 Å². The van der Waals surface area contributed by atoms with E-state index in [0.717, 1.165) is 6.42 Å². The molecule has 2 aromatic rings. The number of rotatable bonds is 4. The third kappa shape index (κ3) is 2.39. The highest BCUT2D eigenvalue weighted by molar-refractivity contribution is 5.91. The van der Waals surface area contributed by atoms with Gasteiger partial charge in [-0.05, 0) is 18.6 Å². The van der Waals surface area contributed by atoms with Crippen molar-refractivity contribution in [1.29, 1.82) is 0 Å². The SMILES string of the molecule is CCCNc1cc(C(F)F)nc2c(F)cccc12. The van der Waals surface area contributed by atoms with Gasteiger partial charge < -0.3 is 5.32 Å². The van der Waals surface area contributed by atoms with Gasteiger partial charge in [-0.15, -0.1) is 0 Å². The molecular weight excluding hydrogens is 241 g/mol. The van der Waals surface area contributed by atoms with Crippen molar-refractivity contribution in [3.05, 3.63) is 35.8 Å². The first-order valence-corrected chi connectivity index (χ1v) is 5.74. The minimum Gasteiger partial charge on any atom is -0.384 e. The number of para-hydroxylation sites is 1. The number of pyridine rings is 1. The number of anilines is 1. The molecule has 0 saturated heterocycles. The second kappa shape index (κ2) is 5.25. The number of nitrogens with one attached hydrogen (secondary N) is 1.